The van der Waals surface area contributed by atoms with Crippen LogP contribution in [0.2, 0.25) is 0 Å². The number of amides is 1. The lowest BCUT2D eigenvalue weighted by Gasteiger charge is -2.30. The van der Waals surface area contributed by atoms with Gasteiger partial charge in [0.05, 0.1) is 6.61 Å². The van der Waals surface area contributed by atoms with Crippen molar-refractivity contribution < 1.29 is 23.8 Å². The molecule has 1 amide bonds. The van der Waals surface area contributed by atoms with Crippen molar-refractivity contribution in [2.24, 2.45) is 10.1 Å². The van der Waals surface area contributed by atoms with Crippen molar-refractivity contribution >= 4 is 17.5 Å². The largest absolute Gasteiger partial charge is 0.494 e. The summed E-state index contributed by atoms with van der Waals surface area (Å²) in [5.74, 6) is 0.0773. The topological polar surface area (TPSA) is 129 Å². The minimum Gasteiger partial charge on any atom is -0.494 e. The summed E-state index contributed by atoms with van der Waals surface area (Å²) in [5.41, 5.74) is 9.59. The average Bonchev–Trinajstić information content (AvgIpc) is 3.35. The van der Waals surface area contributed by atoms with Crippen LogP contribution in [-0.2, 0) is 16.0 Å². The highest BCUT2D eigenvalue weighted by molar-refractivity contribution is 6.01. The van der Waals surface area contributed by atoms with Gasteiger partial charge in [0, 0.05) is 47.7 Å². The number of aliphatic hydroxyl groups is 1. The Morgan fingerprint density at radius 2 is 1.95 bits per heavy atom. The van der Waals surface area contributed by atoms with Crippen LogP contribution in [0, 0.1) is 5.82 Å². The maximum atomic E-state index is 14.1. The lowest BCUT2D eigenvalue weighted by Crippen LogP contribution is -2.48. The first-order valence-electron chi connectivity index (χ1n) is 12.9. The van der Waals surface area contributed by atoms with E-state index < -0.39 is 17.6 Å². The van der Waals surface area contributed by atoms with Crippen LogP contribution in [0.3, 0.4) is 0 Å². The third-order valence-corrected chi connectivity index (χ3v) is 6.49. The molecule has 10 heteroatoms. The maximum absolute atomic E-state index is 14.1. The Hall–Kier alpha value is -4.66. The van der Waals surface area contributed by atoms with Gasteiger partial charge in [-0.25, -0.2) is 9.38 Å². The molecular weight excluding hydrogens is 513 g/mol. The van der Waals surface area contributed by atoms with Crippen LogP contribution in [0.15, 0.2) is 95.6 Å². The summed E-state index contributed by atoms with van der Waals surface area (Å²) >= 11 is 0. The van der Waals surface area contributed by atoms with Crippen LogP contribution in [-0.4, -0.2) is 42.2 Å². The number of hydrogen-bond donors (Lipinski definition) is 2. The lowest BCUT2D eigenvalue weighted by atomic mass is 9.83. The normalized spacial score (nSPS) is 17.8. The number of nitrogens with zero attached hydrogens (tertiary/aromatic N) is 4. The van der Waals surface area contributed by atoms with Gasteiger partial charge in [0.25, 0.3) is 5.91 Å². The van der Waals surface area contributed by atoms with Gasteiger partial charge in [0.2, 0.25) is 5.90 Å². The van der Waals surface area contributed by atoms with E-state index in [4.69, 9.17) is 25.1 Å². The van der Waals surface area contributed by atoms with E-state index in [2.05, 4.69) is 21.9 Å². The molecule has 0 spiro atoms. The van der Waals surface area contributed by atoms with Crippen molar-refractivity contribution in [3.05, 3.63) is 118 Å². The molecule has 0 saturated heterocycles. The third-order valence-electron chi connectivity index (χ3n) is 6.49. The molecule has 0 saturated carbocycles. The van der Waals surface area contributed by atoms with E-state index in [1.807, 2.05) is 0 Å². The number of benzene rings is 3. The highest BCUT2D eigenvalue weighted by atomic mass is 19.1. The molecule has 1 heterocycles. The van der Waals surface area contributed by atoms with E-state index in [0.717, 1.165) is 0 Å². The second-order valence-electron chi connectivity index (χ2n) is 9.13. The van der Waals surface area contributed by atoms with Crippen LogP contribution in [0.1, 0.15) is 35.6 Å². The number of aliphatic imine (C=N–C) groups is 1. The fourth-order valence-corrected chi connectivity index (χ4v) is 4.53. The van der Waals surface area contributed by atoms with Gasteiger partial charge in [-0.1, -0.05) is 53.7 Å². The fourth-order valence-electron chi connectivity index (χ4n) is 4.53. The number of nitrogens with one attached hydrogen (secondary N) is 1. The number of rotatable bonds is 13. The molecule has 2 atom stereocenters. The van der Waals surface area contributed by atoms with E-state index in [9.17, 15) is 9.18 Å². The Bertz CT molecular complexity index is 1420. The molecule has 0 unspecified atom stereocenters. The number of azide groups is 1. The zero-order valence-electron chi connectivity index (χ0n) is 21.9. The average molecular weight is 544 g/mol. The Kier molecular flexibility index (Phi) is 9.51. The van der Waals surface area contributed by atoms with Crippen molar-refractivity contribution in [3.8, 4) is 5.75 Å². The highest BCUT2D eigenvalue weighted by Gasteiger charge is 2.52. The van der Waals surface area contributed by atoms with Crippen molar-refractivity contribution in [2.45, 2.75) is 30.9 Å². The van der Waals surface area contributed by atoms with Crippen LogP contribution in [0.25, 0.3) is 10.4 Å². The molecule has 1 aliphatic rings. The summed E-state index contributed by atoms with van der Waals surface area (Å²) in [7, 11) is 0. The Labute approximate surface area is 231 Å². The first-order chi connectivity index (χ1) is 19.5. The van der Waals surface area contributed by atoms with Crippen LogP contribution >= 0.6 is 0 Å². The molecule has 0 aliphatic carbocycles. The monoisotopic (exact) mass is 543 g/mol. The summed E-state index contributed by atoms with van der Waals surface area (Å²) in [4.78, 5) is 21.6. The summed E-state index contributed by atoms with van der Waals surface area (Å²) in [6, 6.07) is 20.3. The minimum atomic E-state index is -1.47. The molecule has 9 nitrogen and oxygen atoms in total. The van der Waals surface area contributed by atoms with Crippen LogP contribution in [0.4, 0.5) is 10.1 Å². The van der Waals surface area contributed by atoms with Gasteiger partial charge >= 0.3 is 0 Å². The second kappa shape index (κ2) is 13.4. The van der Waals surface area contributed by atoms with Crippen molar-refractivity contribution in [1.82, 2.24) is 5.32 Å². The second-order valence-corrected chi connectivity index (χ2v) is 9.13. The zero-order valence-corrected chi connectivity index (χ0v) is 21.9. The Morgan fingerprint density at radius 3 is 2.67 bits per heavy atom. The zero-order chi connectivity index (χ0) is 28.4. The summed E-state index contributed by atoms with van der Waals surface area (Å²) < 4.78 is 26.1. The van der Waals surface area contributed by atoms with E-state index in [1.54, 1.807) is 72.8 Å². The van der Waals surface area contributed by atoms with Gasteiger partial charge in [-0.2, -0.15) is 0 Å². The smallest absolute Gasteiger partial charge is 0.252 e. The number of ether oxygens (including phenoxy) is 2. The summed E-state index contributed by atoms with van der Waals surface area (Å²) in [5, 5.41) is 15.7. The molecule has 40 heavy (non-hydrogen) atoms. The first kappa shape index (κ1) is 28.4. The number of hydrogen-bond acceptors (Lipinski definition) is 6. The molecule has 0 bridgehead atoms. The van der Waals surface area contributed by atoms with Crippen molar-refractivity contribution in [2.75, 3.05) is 19.8 Å². The molecular formula is C30H30FN5O4. The predicted molar refractivity (Wildman–Crippen MR) is 150 cm³/mol. The van der Waals surface area contributed by atoms with Crippen molar-refractivity contribution in [1.29, 1.82) is 0 Å². The number of carbonyl (C=O) groups is 1. The number of carbonyl (C=O) groups excluding carboxylic acids is 1. The van der Waals surface area contributed by atoms with E-state index in [1.165, 1.54) is 6.07 Å². The van der Waals surface area contributed by atoms with E-state index in [-0.39, 0.29) is 37.7 Å². The molecule has 206 valence electrons. The van der Waals surface area contributed by atoms with Gasteiger partial charge < -0.3 is 19.9 Å². The third kappa shape index (κ3) is 6.31. The van der Waals surface area contributed by atoms with Gasteiger partial charge in [-0.15, -0.1) is 6.58 Å². The quantitative estimate of drug-likeness (QED) is 0.0939. The van der Waals surface area contributed by atoms with E-state index in [0.29, 0.717) is 41.2 Å². The molecule has 3 aromatic rings. The van der Waals surface area contributed by atoms with Gasteiger partial charge in [0.1, 0.15) is 11.6 Å². The van der Waals surface area contributed by atoms with E-state index >= 15 is 0 Å². The van der Waals surface area contributed by atoms with Gasteiger partial charge in [-0.3, -0.25) is 4.79 Å². The molecule has 2 N–H and O–H groups in total. The molecule has 0 radical (unpaired) electrons. The lowest BCUT2D eigenvalue weighted by molar-refractivity contribution is -0.128. The van der Waals surface area contributed by atoms with Gasteiger partial charge in [-0.05, 0) is 47.8 Å². The Balaban J connectivity index is 1.68. The fraction of sp³-hybridized carbons (Fsp3) is 0.267. The summed E-state index contributed by atoms with van der Waals surface area (Å²) in [6.45, 7) is 4.44. The van der Waals surface area contributed by atoms with Crippen LogP contribution in [0.5, 0.6) is 5.75 Å². The Morgan fingerprint density at radius 1 is 1.20 bits per heavy atom. The molecule has 4 rings (SSSR count). The minimum absolute atomic E-state index is 0.0369. The summed E-state index contributed by atoms with van der Waals surface area (Å²) in [6.07, 6.45) is 1.58. The molecule has 3 aromatic carbocycles. The predicted octanol–water partition coefficient (Wildman–Crippen LogP) is 5.72. The maximum Gasteiger partial charge on any atom is 0.252 e. The number of aliphatic hydroxyl groups excluding tert-OH is 1. The van der Waals surface area contributed by atoms with Crippen LogP contribution < -0.4 is 10.1 Å². The standard InChI is InChI=1S/C30H30FN5O4/c1-2-17-30(29(38)33-18-16-21-8-3-5-10-25(21)31)27(24-9-4-6-11-26(24)35-36-32)40-28(34-30)22-12-14-23(15-13-22)39-20-7-19-37/h2-6,8-15,27,37H,1,7,16-20H2,(H,33,38)/t27-,30-/m1/s1. The molecule has 0 fully saturated rings. The SMILES string of the molecule is C=CC[C@@]1(C(=O)NCCc2ccccc2F)N=C(c2ccc(OCCCO)cc2)O[C@@H]1c1ccccc1N=[N+]=[N-]. The van der Waals surface area contributed by atoms with Crippen molar-refractivity contribution in [3.63, 3.8) is 0 Å². The highest BCUT2D eigenvalue weighted by Crippen LogP contribution is 2.45. The van der Waals surface area contributed by atoms with Gasteiger partial charge in [0.15, 0.2) is 11.6 Å². The molecule has 1 aliphatic heterocycles. The molecule has 0 aromatic heterocycles. The first-order valence-corrected chi connectivity index (χ1v) is 12.9. The number of halogens is 1.